The molecule has 1 N–H and O–H groups in total. The van der Waals surface area contributed by atoms with Crippen LogP contribution in [0.25, 0.3) is 0 Å². The molecule has 1 aliphatic heterocycles. The van der Waals surface area contributed by atoms with Crippen LogP contribution in [-0.2, 0) is 22.7 Å². The largest absolute Gasteiger partial charge is 0.482 e. The Kier molecular flexibility index (Phi) is 5.62. The summed E-state index contributed by atoms with van der Waals surface area (Å²) in [4.78, 5) is 26.1. The van der Waals surface area contributed by atoms with Gasteiger partial charge < -0.3 is 10.1 Å². The summed E-state index contributed by atoms with van der Waals surface area (Å²) in [6.45, 7) is 0.976. The zero-order valence-corrected chi connectivity index (χ0v) is 17.1. The Bertz CT molecular complexity index is 1020. The minimum absolute atomic E-state index is 0.0474. The molecule has 3 aromatic rings. The second-order valence-corrected chi connectivity index (χ2v) is 7.59. The Hall–Kier alpha value is -3.13. The molecule has 29 heavy (non-hydrogen) atoms. The van der Waals surface area contributed by atoms with Crippen LogP contribution in [0.1, 0.15) is 11.1 Å². The van der Waals surface area contributed by atoms with E-state index in [0.717, 1.165) is 15.6 Å². The van der Waals surface area contributed by atoms with Gasteiger partial charge in [-0.25, -0.2) is 0 Å². The predicted molar refractivity (Wildman–Crippen MR) is 112 cm³/mol. The Morgan fingerprint density at radius 3 is 2.72 bits per heavy atom. The number of hydrogen-bond acceptors (Lipinski definition) is 4. The molecule has 0 spiro atoms. The average molecular weight is 455 g/mol. The van der Waals surface area contributed by atoms with Crippen molar-refractivity contribution in [1.29, 1.82) is 0 Å². The van der Waals surface area contributed by atoms with Crippen molar-refractivity contribution in [2.24, 2.45) is 0 Å². The monoisotopic (exact) mass is 454 g/mol. The van der Waals surface area contributed by atoms with Gasteiger partial charge in [0.05, 0.1) is 12.2 Å². The van der Waals surface area contributed by atoms with Crippen LogP contribution >= 0.6 is 15.9 Å². The van der Waals surface area contributed by atoms with Gasteiger partial charge in [0.2, 0.25) is 5.91 Å². The van der Waals surface area contributed by atoms with E-state index in [9.17, 15) is 9.59 Å². The number of hydrogen-bond donors (Lipinski definition) is 1. The van der Waals surface area contributed by atoms with Gasteiger partial charge in [-0.15, -0.1) is 0 Å². The maximum atomic E-state index is 12.4. The number of amides is 2. The molecule has 0 aliphatic carbocycles. The minimum Gasteiger partial charge on any atom is -0.482 e. The fraction of sp³-hybridized carbons (Fsp3) is 0.190. The van der Waals surface area contributed by atoms with Gasteiger partial charge in [0.25, 0.3) is 5.91 Å². The standard InChI is InChI=1S/C21H19BrN4O3/c22-17-6-7-18-19(10-17)29-14-21(28)26(18)13-20(27)23-11-15-2-4-16(5-3-15)12-25-9-1-8-24-25/h1-10H,11-14H2,(H,23,27). The zero-order valence-electron chi connectivity index (χ0n) is 15.5. The molecule has 0 atom stereocenters. The van der Waals surface area contributed by atoms with Gasteiger partial charge >= 0.3 is 0 Å². The van der Waals surface area contributed by atoms with Gasteiger partial charge in [0, 0.05) is 23.4 Å². The molecule has 0 bridgehead atoms. The number of ether oxygens (including phenoxy) is 1. The summed E-state index contributed by atoms with van der Waals surface area (Å²) in [7, 11) is 0. The summed E-state index contributed by atoms with van der Waals surface area (Å²) in [5.74, 6) is 0.118. The topological polar surface area (TPSA) is 76.5 Å². The maximum Gasteiger partial charge on any atom is 0.265 e. The molecule has 8 heteroatoms. The number of aromatic nitrogens is 2. The van der Waals surface area contributed by atoms with Gasteiger partial charge in [0.1, 0.15) is 12.3 Å². The SMILES string of the molecule is O=C(CN1C(=O)COc2cc(Br)ccc21)NCc1ccc(Cn2cccn2)cc1. The van der Waals surface area contributed by atoms with Crippen LogP contribution in [0.3, 0.4) is 0 Å². The molecule has 4 rings (SSSR count). The van der Waals surface area contributed by atoms with Crippen LogP contribution in [0.4, 0.5) is 5.69 Å². The molecule has 2 aromatic carbocycles. The Morgan fingerprint density at radius 2 is 1.97 bits per heavy atom. The highest BCUT2D eigenvalue weighted by atomic mass is 79.9. The third-order valence-corrected chi connectivity index (χ3v) is 5.08. The molecular formula is C21H19BrN4O3. The summed E-state index contributed by atoms with van der Waals surface area (Å²) in [6, 6.07) is 15.2. The summed E-state index contributed by atoms with van der Waals surface area (Å²) >= 11 is 3.38. The normalized spacial score (nSPS) is 13.0. The van der Waals surface area contributed by atoms with Crippen molar-refractivity contribution in [3.8, 4) is 5.75 Å². The molecule has 0 radical (unpaired) electrons. The van der Waals surface area contributed by atoms with E-state index in [1.54, 1.807) is 18.3 Å². The molecule has 1 aromatic heterocycles. The summed E-state index contributed by atoms with van der Waals surface area (Å²) in [5.41, 5.74) is 2.72. The first kappa shape index (κ1) is 19.2. The van der Waals surface area contributed by atoms with E-state index in [1.165, 1.54) is 4.90 Å². The van der Waals surface area contributed by atoms with Crippen molar-refractivity contribution >= 4 is 33.4 Å². The van der Waals surface area contributed by atoms with E-state index in [-0.39, 0.29) is 25.0 Å². The molecule has 7 nitrogen and oxygen atoms in total. The first-order chi connectivity index (χ1) is 14.1. The molecular weight excluding hydrogens is 436 g/mol. The second kappa shape index (κ2) is 8.48. The number of fused-ring (bicyclic) bond motifs is 1. The molecule has 0 saturated carbocycles. The quantitative estimate of drug-likeness (QED) is 0.621. The highest BCUT2D eigenvalue weighted by molar-refractivity contribution is 9.10. The Labute approximate surface area is 176 Å². The van der Waals surface area contributed by atoms with Gasteiger partial charge in [-0.1, -0.05) is 40.2 Å². The second-order valence-electron chi connectivity index (χ2n) is 6.68. The third kappa shape index (κ3) is 4.65. The first-order valence-corrected chi connectivity index (χ1v) is 9.92. The first-order valence-electron chi connectivity index (χ1n) is 9.13. The van der Waals surface area contributed by atoms with Crippen LogP contribution in [0, 0.1) is 0 Å². The molecule has 2 amide bonds. The van der Waals surface area contributed by atoms with Crippen molar-refractivity contribution in [2.45, 2.75) is 13.1 Å². The summed E-state index contributed by atoms with van der Waals surface area (Å²) < 4.78 is 8.15. The molecule has 0 unspecified atom stereocenters. The molecule has 0 saturated heterocycles. The number of halogens is 1. The lowest BCUT2D eigenvalue weighted by Gasteiger charge is -2.29. The van der Waals surface area contributed by atoms with Crippen molar-refractivity contribution in [3.05, 3.63) is 76.5 Å². The van der Waals surface area contributed by atoms with Gasteiger partial charge in [0.15, 0.2) is 6.61 Å². The van der Waals surface area contributed by atoms with Crippen molar-refractivity contribution in [1.82, 2.24) is 15.1 Å². The van der Waals surface area contributed by atoms with E-state index in [4.69, 9.17) is 4.74 Å². The van der Waals surface area contributed by atoms with Crippen LogP contribution in [0.5, 0.6) is 5.75 Å². The number of nitrogens with zero attached hydrogens (tertiary/aromatic N) is 3. The van der Waals surface area contributed by atoms with Crippen molar-refractivity contribution < 1.29 is 14.3 Å². The van der Waals surface area contributed by atoms with Crippen LogP contribution in [-0.4, -0.2) is 34.7 Å². The molecule has 2 heterocycles. The lowest BCUT2D eigenvalue weighted by molar-refractivity contribution is -0.125. The number of carbonyl (C=O) groups excluding carboxylic acids is 2. The fourth-order valence-corrected chi connectivity index (χ4v) is 3.44. The molecule has 0 fully saturated rings. The van der Waals surface area contributed by atoms with Crippen molar-refractivity contribution in [2.75, 3.05) is 18.1 Å². The van der Waals surface area contributed by atoms with E-state index < -0.39 is 0 Å². The van der Waals surface area contributed by atoms with Crippen molar-refractivity contribution in [3.63, 3.8) is 0 Å². The predicted octanol–water partition coefficient (Wildman–Crippen LogP) is 2.74. The van der Waals surface area contributed by atoms with E-state index in [0.29, 0.717) is 24.5 Å². The molecule has 148 valence electrons. The summed E-state index contributed by atoms with van der Waals surface area (Å²) in [6.07, 6.45) is 3.66. The van der Waals surface area contributed by atoms with Crippen LogP contribution < -0.4 is 15.0 Å². The Balaban J connectivity index is 1.34. The minimum atomic E-state index is -0.238. The highest BCUT2D eigenvalue weighted by Gasteiger charge is 2.27. The number of nitrogens with one attached hydrogen (secondary N) is 1. The zero-order chi connectivity index (χ0) is 20.2. The third-order valence-electron chi connectivity index (χ3n) is 4.58. The lowest BCUT2D eigenvalue weighted by Crippen LogP contribution is -2.45. The smallest absolute Gasteiger partial charge is 0.265 e. The number of anilines is 1. The van der Waals surface area contributed by atoms with E-state index in [2.05, 4.69) is 26.3 Å². The summed E-state index contributed by atoms with van der Waals surface area (Å²) in [5, 5.41) is 7.07. The Morgan fingerprint density at radius 1 is 1.17 bits per heavy atom. The van der Waals surface area contributed by atoms with Gasteiger partial charge in [-0.2, -0.15) is 5.10 Å². The molecule has 1 aliphatic rings. The lowest BCUT2D eigenvalue weighted by atomic mass is 10.1. The van der Waals surface area contributed by atoms with Crippen LogP contribution in [0.2, 0.25) is 0 Å². The highest BCUT2D eigenvalue weighted by Crippen LogP contribution is 2.34. The average Bonchev–Trinajstić information content (AvgIpc) is 3.23. The van der Waals surface area contributed by atoms with Gasteiger partial charge in [-0.3, -0.25) is 19.2 Å². The number of carbonyl (C=O) groups is 2. The maximum absolute atomic E-state index is 12.4. The fourth-order valence-electron chi connectivity index (χ4n) is 3.10. The van der Waals surface area contributed by atoms with Gasteiger partial charge in [-0.05, 0) is 35.4 Å². The number of rotatable bonds is 6. The van der Waals surface area contributed by atoms with E-state index >= 15 is 0 Å². The van der Waals surface area contributed by atoms with E-state index in [1.807, 2.05) is 47.3 Å². The van der Waals surface area contributed by atoms with Crippen LogP contribution in [0.15, 0.2) is 65.4 Å². The number of benzene rings is 2.